The van der Waals surface area contributed by atoms with Gasteiger partial charge in [0.1, 0.15) is 0 Å². The van der Waals surface area contributed by atoms with Gasteiger partial charge in [-0.05, 0) is 24.0 Å². The fourth-order valence-electron chi connectivity index (χ4n) is 2.03. The lowest BCUT2D eigenvalue weighted by Crippen LogP contribution is -2.21. The third-order valence-corrected chi connectivity index (χ3v) is 2.71. The number of rotatable bonds is 3. The van der Waals surface area contributed by atoms with E-state index in [4.69, 9.17) is 5.73 Å². The largest absolute Gasteiger partial charge is 0.330 e. The summed E-state index contributed by atoms with van der Waals surface area (Å²) in [4.78, 5) is 0. The van der Waals surface area contributed by atoms with Gasteiger partial charge in [0.25, 0.3) is 0 Å². The molecule has 0 aromatic carbocycles. The Balaban J connectivity index is 2.37. The first-order valence-electron chi connectivity index (χ1n) is 5.87. The van der Waals surface area contributed by atoms with E-state index in [-0.39, 0.29) is 11.3 Å². The Morgan fingerprint density at radius 3 is 2.76 bits per heavy atom. The lowest BCUT2D eigenvalue weighted by molar-refractivity contribution is 0.333. The van der Waals surface area contributed by atoms with Gasteiger partial charge in [0.2, 0.25) is 0 Å². The topological polar surface area (TPSA) is 69.1 Å². The van der Waals surface area contributed by atoms with Crippen molar-refractivity contribution in [3.63, 3.8) is 0 Å². The zero-order valence-corrected chi connectivity index (χ0v) is 10.6. The van der Waals surface area contributed by atoms with Gasteiger partial charge in [-0.15, -0.1) is 10.2 Å². The van der Waals surface area contributed by atoms with E-state index < -0.39 is 0 Å². The van der Waals surface area contributed by atoms with Crippen molar-refractivity contribution in [2.45, 2.75) is 33.1 Å². The Morgan fingerprint density at radius 1 is 1.35 bits per heavy atom. The Hall–Kier alpha value is -1.49. The van der Waals surface area contributed by atoms with Crippen molar-refractivity contribution < 1.29 is 0 Å². The standard InChI is InChI=1S/C12H19N5/c1-12(2,3)7-9(8-13)11-16-15-10-5-4-6-14-17(10)11/h4-6,9H,7-8,13H2,1-3H3. The number of nitrogens with two attached hydrogens (primary N) is 1. The minimum absolute atomic E-state index is 0.194. The van der Waals surface area contributed by atoms with E-state index in [1.165, 1.54) is 0 Å². The third-order valence-electron chi connectivity index (χ3n) is 2.71. The van der Waals surface area contributed by atoms with Gasteiger partial charge in [-0.1, -0.05) is 20.8 Å². The molecule has 1 atom stereocenters. The molecule has 5 nitrogen and oxygen atoms in total. The zero-order valence-electron chi connectivity index (χ0n) is 10.6. The van der Waals surface area contributed by atoms with Crippen molar-refractivity contribution in [1.29, 1.82) is 0 Å². The molecule has 2 rings (SSSR count). The number of fused-ring (bicyclic) bond motifs is 1. The molecule has 0 saturated heterocycles. The van der Waals surface area contributed by atoms with Crippen molar-refractivity contribution in [3.8, 4) is 0 Å². The van der Waals surface area contributed by atoms with Crippen LogP contribution in [0, 0.1) is 5.41 Å². The van der Waals surface area contributed by atoms with E-state index >= 15 is 0 Å². The fourth-order valence-corrected chi connectivity index (χ4v) is 2.03. The first-order chi connectivity index (χ1) is 8.01. The summed E-state index contributed by atoms with van der Waals surface area (Å²) < 4.78 is 1.78. The predicted molar refractivity (Wildman–Crippen MR) is 66.6 cm³/mol. The quantitative estimate of drug-likeness (QED) is 0.874. The van der Waals surface area contributed by atoms with Crippen molar-refractivity contribution in [2.75, 3.05) is 6.54 Å². The van der Waals surface area contributed by atoms with Crippen LogP contribution in [0.15, 0.2) is 18.3 Å². The molecule has 0 saturated carbocycles. The highest BCUT2D eigenvalue weighted by Crippen LogP contribution is 2.29. The Labute approximate surface area is 101 Å². The second-order valence-corrected chi connectivity index (χ2v) is 5.55. The van der Waals surface area contributed by atoms with E-state index in [2.05, 4.69) is 36.1 Å². The van der Waals surface area contributed by atoms with Gasteiger partial charge in [0.15, 0.2) is 11.5 Å². The number of nitrogens with zero attached hydrogens (tertiary/aromatic N) is 4. The molecule has 0 radical (unpaired) electrons. The average Bonchev–Trinajstić information content (AvgIpc) is 2.68. The molecule has 2 aromatic rings. The Morgan fingerprint density at radius 2 is 2.12 bits per heavy atom. The molecule has 0 amide bonds. The first-order valence-corrected chi connectivity index (χ1v) is 5.87. The maximum Gasteiger partial charge on any atom is 0.177 e. The van der Waals surface area contributed by atoms with Crippen LogP contribution in [0.25, 0.3) is 5.65 Å². The minimum Gasteiger partial charge on any atom is -0.330 e. The lowest BCUT2D eigenvalue weighted by Gasteiger charge is -2.23. The minimum atomic E-state index is 0.194. The molecule has 0 aliphatic carbocycles. The molecule has 2 aromatic heterocycles. The van der Waals surface area contributed by atoms with Gasteiger partial charge in [0.05, 0.1) is 0 Å². The normalized spacial score (nSPS) is 14.1. The second-order valence-electron chi connectivity index (χ2n) is 5.55. The number of hydrogen-bond donors (Lipinski definition) is 1. The summed E-state index contributed by atoms with van der Waals surface area (Å²) in [5, 5.41) is 12.6. The highest BCUT2D eigenvalue weighted by molar-refractivity contribution is 5.35. The SMILES string of the molecule is CC(C)(C)CC(CN)c1nnc2cccnn12. The molecule has 0 bridgehead atoms. The molecular formula is C12H19N5. The summed E-state index contributed by atoms with van der Waals surface area (Å²) in [6.07, 6.45) is 2.71. The molecule has 1 unspecified atom stereocenters. The molecule has 0 fully saturated rings. The van der Waals surface area contributed by atoms with Crippen molar-refractivity contribution in [3.05, 3.63) is 24.2 Å². The van der Waals surface area contributed by atoms with E-state index in [1.807, 2.05) is 12.1 Å². The maximum atomic E-state index is 5.85. The fraction of sp³-hybridized carbons (Fsp3) is 0.583. The smallest absolute Gasteiger partial charge is 0.177 e. The molecule has 0 spiro atoms. The first kappa shape index (κ1) is 12.0. The summed E-state index contributed by atoms with van der Waals surface area (Å²) in [5.41, 5.74) is 6.84. The van der Waals surface area contributed by atoms with Crippen LogP contribution in [0.2, 0.25) is 0 Å². The Bertz CT molecular complexity index is 497. The van der Waals surface area contributed by atoms with Gasteiger partial charge in [-0.3, -0.25) is 0 Å². The highest BCUT2D eigenvalue weighted by Gasteiger charge is 2.23. The van der Waals surface area contributed by atoms with Crippen LogP contribution in [0.1, 0.15) is 38.9 Å². The van der Waals surface area contributed by atoms with Crippen LogP contribution in [0.3, 0.4) is 0 Å². The van der Waals surface area contributed by atoms with Crippen LogP contribution in [0.5, 0.6) is 0 Å². The number of aromatic nitrogens is 4. The summed E-state index contributed by atoms with van der Waals surface area (Å²) in [6, 6.07) is 3.75. The molecular weight excluding hydrogens is 214 g/mol. The lowest BCUT2D eigenvalue weighted by atomic mass is 9.84. The molecule has 17 heavy (non-hydrogen) atoms. The summed E-state index contributed by atoms with van der Waals surface area (Å²) in [7, 11) is 0. The van der Waals surface area contributed by atoms with Gasteiger partial charge in [0, 0.05) is 18.7 Å². The molecule has 92 valence electrons. The van der Waals surface area contributed by atoms with Crippen LogP contribution >= 0.6 is 0 Å². The monoisotopic (exact) mass is 233 g/mol. The van der Waals surface area contributed by atoms with Crippen molar-refractivity contribution in [1.82, 2.24) is 19.8 Å². The van der Waals surface area contributed by atoms with E-state index in [1.54, 1.807) is 10.7 Å². The summed E-state index contributed by atoms with van der Waals surface area (Å²) >= 11 is 0. The van der Waals surface area contributed by atoms with E-state index in [9.17, 15) is 0 Å². The van der Waals surface area contributed by atoms with E-state index in [0.29, 0.717) is 6.54 Å². The number of hydrogen-bond acceptors (Lipinski definition) is 4. The van der Waals surface area contributed by atoms with E-state index in [0.717, 1.165) is 17.9 Å². The molecule has 0 aliphatic heterocycles. The molecule has 5 heteroatoms. The second kappa shape index (κ2) is 4.41. The van der Waals surface area contributed by atoms with Gasteiger partial charge >= 0.3 is 0 Å². The third kappa shape index (κ3) is 2.61. The van der Waals surface area contributed by atoms with Crippen molar-refractivity contribution >= 4 is 5.65 Å². The van der Waals surface area contributed by atoms with Crippen molar-refractivity contribution in [2.24, 2.45) is 11.1 Å². The average molecular weight is 233 g/mol. The van der Waals surface area contributed by atoms with Crippen LogP contribution in [0.4, 0.5) is 0 Å². The van der Waals surface area contributed by atoms with Crippen LogP contribution in [-0.4, -0.2) is 26.4 Å². The summed E-state index contributed by atoms with van der Waals surface area (Å²) in [6.45, 7) is 7.17. The van der Waals surface area contributed by atoms with Gasteiger partial charge in [-0.25, -0.2) is 0 Å². The highest BCUT2D eigenvalue weighted by atomic mass is 15.4. The molecule has 0 aliphatic rings. The van der Waals surface area contributed by atoms with Crippen LogP contribution in [-0.2, 0) is 0 Å². The van der Waals surface area contributed by atoms with Gasteiger partial charge in [-0.2, -0.15) is 9.61 Å². The van der Waals surface area contributed by atoms with Gasteiger partial charge < -0.3 is 5.73 Å². The Kier molecular flexibility index (Phi) is 3.11. The zero-order chi connectivity index (χ0) is 12.5. The van der Waals surface area contributed by atoms with Crippen LogP contribution < -0.4 is 5.73 Å². The maximum absolute atomic E-state index is 5.85. The molecule has 2 N–H and O–H groups in total. The summed E-state index contributed by atoms with van der Waals surface area (Å²) in [5.74, 6) is 1.05. The molecule has 2 heterocycles. The predicted octanol–water partition coefficient (Wildman–Crippen LogP) is 1.60.